The molecule has 0 spiro atoms. The highest BCUT2D eigenvalue weighted by Crippen LogP contribution is 2.39. The van der Waals surface area contributed by atoms with Crippen molar-refractivity contribution in [2.24, 2.45) is 0 Å². The molecule has 266 valence electrons. The highest BCUT2D eigenvalue weighted by molar-refractivity contribution is 5.25. The first-order valence-electron chi connectivity index (χ1n) is 18.7. The zero-order valence-corrected chi connectivity index (χ0v) is 29.5. The van der Waals surface area contributed by atoms with Crippen LogP contribution < -0.4 is 0 Å². The van der Waals surface area contributed by atoms with Crippen molar-refractivity contribution in [1.82, 2.24) is 0 Å². The molecule has 2 fully saturated rings. The summed E-state index contributed by atoms with van der Waals surface area (Å²) >= 11 is 0. The summed E-state index contributed by atoms with van der Waals surface area (Å²) in [5.74, 6) is 0. The zero-order valence-electron chi connectivity index (χ0n) is 29.5. The average molecular weight is 657 g/mol. The summed E-state index contributed by atoms with van der Waals surface area (Å²) in [7, 11) is 0. The zero-order chi connectivity index (χ0) is 33.7. The highest BCUT2D eigenvalue weighted by Gasteiger charge is 2.48. The Kier molecular flexibility index (Phi) is 19.8. The Balaban J connectivity index is 0.000000303. The quantitative estimate of drug-likeness (QED) is 0.123. The van der Waals surface area contributed by atoms with Crippen LogP contribution in [0.15, 0.2) is 48.5 Å². The van der Waals surface area contributed by atoms with Crippen LogP contribution in [0.5, 0.6) is 0 Å². The van der Waals surface area contributed by atoms with Crippen LogP contribution in [0.1, 0.15) is 145 Å². The summed E-state index contributed by atoms with van der Waals surface area (Å²) in [6.45, 7) is 6.75. The van der Waals surface area contributed by atoms with Gasteiger partial charge in [-0.1, -0.05) is 153 Å². The average Bonchev–Trinajstić information content (AvgIpc) is 3.13. The van der Waals surface area contributed by atoms with E-state index < -0.39 is 43.6 Å². The van der Waals surface area contributed by atoms with E-state index in [9.17, 15) is 10.2 Å². The van der Waals surface area contributed by atoms with Gasteiger partial charge in [-0.05, 0) is 30.4 Å². The van der Waals surface area contributed by atoms with Crippen molar-refractivity contribution >= 4 is 0 Å². The predicted molar refractivity (Wildman–Crippen MR) is 188 cm³/mol. The predicted octanol–water partition coefficient (Wildman–Crippen LogP) is 8.52. The van der Waals surface area contributed by atoms with Crippen molar-refractivity contribution in [2.45, 2.75) is 161 Å². The number of hydrogen-bond acceptors (Lipinski definition) is 7. The Morgan fingerprint density at radius 3 is 1.51 bits per heavy atom. The molecule has 47 heavy (non-hydrogen) atoms. The molecule has 7 heteroatoms. The molecule has 2 aromatic rings. The lowest BCUT2D eigenvalue weighted by Crippen LogP contribution is -2.58. The summed E-state index contributed by atoms with van der Waals surface area (Å²) < 4.78 is 24.3. The maximum atomic E-state index is 10.4. The molecular weight excluding hydrogens is 592 g/mol. The molecule has 2 heterocycles. The van der Waals surface area contributed by atoms with Crippen LogP contribution in [0.4, 0.5) is 0 Å². The summed E-state index contributed by atoms with van der Waals surface area (Å²) in [5, 5.41) is 28.7. The molecule has 2 aliphatic rings. The van der Waals surface area contributed by atoms with Crippen LogP contribution in [-0.2, 0) is 31.8 Å². The molecule has 4 rings (SSSR count). The number of benzene rings is 2. The smallest absolute Gasteiger partial charge is 0.184 e. The third-order valence-electron chi connectivity index (χ3n) is 9.36. The summed E-state index contributed by atoms with van der Waals surface area (Å²) in [6, 6.07) is 16.1. The minimum absolute atomic E-state index is 0.312. The summed E-state index contributed by atoms with van der Waals surface area (Å²) in [6.07, 6.45) is 17.1. The van der Waals surface area contributed by atoms with Gasteiger partial charge < -0.3 is 34.3 Å². The maximum Gasteiger partial charge on any atom is 0.184 e. The third-order valence-corrected chi connectivity index (χ3v) is 9.36. The van der Waals surface area contributed by atoms with E-state index in [-0.39, 0.29) is 0 Å². The fourth-order valence-corrected chi connectivity index (χ4v) is 6.24. The van der Waals surface area contributed by atoms with E-state index in [4.69, 9.17) is 24.1 Å². The molecule has 0 amide bonds. The Labute approximate surface area is 285 Å². The molecule has 2 aromatic carbocycles. The molecule has 2 saturated heterocycles. The molecule has 2 aliphatic heterocycles. The largest absolute Gasteiger partial charge is 0.396 e. The van der Waals surface area contributed by atoms with Crippen molar-refractivity contribution < 1.29 is 34.3 Å². The minimum Gasteiger partial charge on any atom is -0.396 e. The molecule has 6 atom stereocenters. The lowest BCUT2D eigenvalue weighted by atomic mass is 9.99. The van der Waals surface area contributed by atoms with E-state index in [0.29, 0.717) is 13.2 Å². The van der Waals surface area contributed by atoms with Crippen molar-refractivity contribution in [3.63, 3.8) is 0 Å². The van der Waals surface area contributed by atoms with Crippen molar-refractivity contribution in [3.8, 4) is 0 Å². The number of fused-ring (bicyclic) bond motifs is 1. The van der Waals surface area contributed by atoms with Crippen LogP contribution >= 0.6 is 0 Å². The van der Waals surface area contributed by atoms with Gasteiger partial charge in [0, 0.05) is 17.7 Å². The molecular formula is C40H64O7. The van der Waals surface area contributed by atoms with Gasteiger partial charge in [0.1, 0.15) is 24.4 Å². The van der Waals surface area contributed by atoms with E-state index in [0.717, 1.165) is 30.4 Å². The van der Waals surface area contributed by atoms with E-state index in [2.05, 4.69) is 32.9 Å². The Bertz CT molecular complexity index is 1030. The van der Waals surface area contributed by atoms with Crippen LogP contribution in [0.3, 0.4) is 0 Å². The number of unbranched alkanes of at least 4 members (excludes halogenated alkanes) is 13. The van der Waals surface area contributed by atoms with Gasteiger partial charge in [0.2, 0.25) is 0 Å². The summed E-state index contributed by atoms with van der Waals surface area (Å²) in [5.41, 5.74) is 4.22. The molecule has 2 unspecified atom stereocenters. The van der Waals surface area contributed by atoms with Gasteiger partial charge in [0.25, 0.3) is 0 Å². The molecule has 0 aliphatic carbocycles. The van der Waals surface area contributed by atoms with Gasteiger partial charge in [-0.3, -0.25) is 0 Å². The monoisotopic (exact) mass is 656 g/mol. The molecule has 0 saturated carbocycles. The van der Waals surface area contributed by atoms with Crippen LogP contribution in [0.2, 0.25) is 0 Å². The number of aryl methyl sites for hydroxylation is 2. The fourth-order valence-electron chi connectivity index (χ4n) is 6.24. The standard InChI is InChI=1S/C24H30O6.C16H34O/c1-3-15-5-9-17(10-6-15)23-27-14-20-22(30-23)21(19(26)13-25)29-24(28-20)18-11-7-16(4-2)8-12-18;1-2-3-4-5-6-7-8-9-10-11-12-13-14-15-16-17/h5-12,19-26H,3-4,13-14H2,1-2H3;17H,2-16H2,1H3/t19-,20+,21-,22-,23?,24?;/m1./s1. The molecule has 0 bridgehead atoms. The van der Waals surface area contributed by atoms with Crippen LogP contribution in [-0.4, -0.2) is 59.6 Å². The highest BCUT2D eigenvalue weighted by atomic mass is 16.8. The fraction of sp³-hybridized carbons (Fsp3) is 0.700. The van der Waals surface area contributed by atoms with Crippen molar-refractivity contribution in [2.75, 3.05) is 19.8 Å². The Morgan fingerprint density at radius 2 is 1.06 bits per heavy atom. The van der Waals surface area contributed by atoms with Gasteiger partial charge in [-0.2, -0.15) is 0 Å². The second-order valence-corrected chi connectivity index (χ2v) is 13.1. The van der Waals surface area contributed by atoms with Gasteiger partial charge >= 0.3 is 0 Å². The summed E-state index contributed by atoms with van der Waals surface area (Å²) in [4.78, 5) is 0. The third kappa shape index (κ3) is 13.9. The number of aliphatic hydroxyl groups excluding tert-OH is 3. The number of ether oxygens (including phenoxy) is 4. The van der Waals surface area contributed by atoms with Crippen LogP contribution in [0, 0.1) is 0 Å². The first-order chi connectivity index (χ1) is 23.0. The van der Waals surface area contributed by atoms with Crippen molar-refractivity contribution in [1.29, 1.82) is 0 Å². The minimum atomic E-state index is -1.08. The number of rotatable bonds is 20. The van der Waals surface area contributed by atoms with E-state index >= 15 is 0 Å². The molecule has 0 aromatic heterocycles. The van der Waals surface area contributed by atoms with E-state index in [1.54, 1.807) is 0 Å². The molecule has 0 radical (unpaired) electrons. The Morgan fingerprint density at radius 1 is 0.596 bits per heavy atom. The maximum absolute atomic E-state index is 10.4. The lowest BCUT2D eigenvalue weighted by Gasteiger charge is -2.47. The van der Waals surface area contributed by atoms with E-state index in [1.807, 2.05) is 36.4 Å². The van der Waals surface area contributed by atoms with E-state index in [1.165, 1.54) is 94.6 Å². The lowest BCUT2D eigenvalue weighted by molar-refractivity contribution is -0.373. The molecule has 7 nitrogen and oxygen atoms in total. The van der Waals surface area contributed by atoms with Crippen LogP contribution in [0.25, 0.3) is 0 Å². The molecule has 3 N–H and O–H groups in total. The topological polar surface area (TPSA) is 97.6 Å². The second kappa shape index (κ2) is 23.5. The second-order valence-electron chi connectivity index (χ2n) is 13.1. The van der Waals surface area contributed by atoms with Gasteiger partial charge in [-0.25, -0.2) is 0 Å². The Hall–Kier alpha value is -1.84. The van der Waals surface area contributed by atoms with Gasteiger partial charge in [-0.15, -0.1) is 0 Å². The normalized spacial score (nSPS) is 23.1. The van der Waals surface area contributed by atoms with Crippen molar-refractivity contribution in [3.05, 3.63) is 70.8 Å². The first kappa shape index (κ1) is 39.6. The van der Waals surface area contributed by atoms with Gasteiger partial charge in [0.05, 0.1) is 13.2 Å². The number of aliphatic hydroxyl groups is 3. The SMILES string of the molecule is CCCCCCCCCCCCCCCCO.CCc1ccc(C2OC[C@@H]3OC(c4ccc(CC)cc4)O[C@H]([C@H](O)CO)[C@@H]3O2)cc1. The number of hydrogen-bond donors (Lipinski definition) is 3. The van der Waals surface area contributed by atoms with Gasteiger partial charge in [0.15, 0.2) is 12.6 Å². The first-order valence-corrected chi connectivity index (χ1v) is 18.7.